The van der Waals surface area contributed by atoms with Gasteiger partial charge in [-0.3, -0.25) is 4.79 Å². The van der Waals surface area contributed by atoms with Crippen LogP contribution in [0.1, 0.15) is 78.6 Å². The molecule has 1 saturated carbocycles. The summed E-state index contributed by atoms with van der Waals surface area (Å²) in [5.41, 5.74) is 5.85. The lowest BCUT2D eigenvalue weighted by molar-refractivity contribution is -0.120. The van der Waals surface area contributed by atoms with E-state index in [4.69, 9.17) is 5.73 Å². The highest BCUT2D eigenvalue weighted by atomic mass is 16.1. The van der Waals surface area contributed by atoms with Crippen LogP contribution in [0.4, 0.5) is 0 Å². The third-order valence-corrected chi connectivity index (χ3v) is 4.17. The fourth-order valence-electron chi connectivity index (χ4n) is 3.01. The average molecular weight is 255 g/mol. The lowest BCUT2D eigenvalue weighted by Crippen LogP contribution is -2.27. The smallest absolute Gasteiger partial charge is 0.133 e. The summed E-state index contributed by atoms with van der Waals surface area (Å²) < 4.78 is 0. The number of rotatable bonds is 8. The van der Waals surface area contributed by atoms with Gasteiger partial charge >= 0.3 is 0 Å². The summed E-state index contributed by atoms with van der Waals surface area (Å²) in [6.07, 6.45) is 11.6. The van der Waals surface area contributed by atoms with E-state index < -0.39 is 0 Å². The first-order chi connectivity index (χ1) is 8.27. The zero-order chi connectivity index (χ0) is 12.5. The van der Waals surface area contributed by atoms with Crippen LogP contribution < -0.4 is 5.73 Å². The fraction of sp³-hybridized carbons (Fsp3) is 0.938. The monoisotopic (exact) mass is 255 g/mol. The summed E-state index contributed by atoms with van der Waals surface area (Å²) in [5.74, 6) is 1.63. The third-order valence-electron chi connectivity index (χ3n) is 4.17. The standard InChI is InChI=1S/C15H29NO.CH4/c1-2-3-5-10-15(17)11-14(12-16)13-8-6-4-7-9-13;/h13-14H,2-12,16H2,1H3;1H4. The van der Waals surface area contributed by atoms with Crippen LogP contribution in [0, 0.1) is 11.8 Å². The maximum Gasteiger partial charge on any atom is 0.133 e. The van der Waals surface area contributed by atoms with Crippen molar-refractivity contribution in [2.45, 2.75) is 78.6 Å². The number of hydrogen-bond acceptors (Lipinski definition) is 2. The number of carbonyl (C=O) groups excluding carboxylic acids is 1. The fourth-order valence-corrected chi connectivity index (χ4v) is 3.01. The van der Waals surface area contributed by atoms with E-state index in [1.165, 1.54) is 44.9 Å². The summed E-state index contributed by atoms with van der Waals surface area (Å²) in [7, 11) is 0. The quantitative estimate of drug-likeness (QED) is 0.656. The Labute approximate surface area is 114 Å². The molecule has 1 atom stereocenters. The van der Waals surface area contributed by atoms with Crippen molar-refractivity contribution in [2.24, 2.45) is 17.6 Å². The summed E-state index contributed by atoms with van der Waals surface area (Å²) in [6.45, 7) is 2.87. The van der Waals surface area contributed by atoms with Gasteiger partial charge in [0.15, 0.2) is 0 Å². The molecule has 0 bridgehead atoms. The second-order valence-electron chi connectivity index (χ2n) is 5.59. The molecule has 0 aromatic carbocycles. The molecule has 0 aliphatic heterocycles. The van der Waals surface area contributed by atoms with Crippen molar-refractivity contribution in [1.29, 1.82) is 0 Å². The van der Waals surface area contributed by atoms with Crippen LogP contribution in [-0.4, -0.2) is 12.3 Å². The Hall–Kier alpha value is -0.370. The minimum atomic E-state index is 0. The Bertz CT molecular complexity index is 209. The highest BCUT2D eigenvalue weighted by molar-refractivity contribution is 5.78. The number of hydrogen-bond donors (Lipinski definition) is 1. The van der Waals surface area contributed by atoms with Crippen LogP contribution in [0.15, 0.2) is 0 Å². The minimum absolute atomic E-state index is 0. The van der Waals surface area contributed by atoms with E-state index in [9.17, 15) is 4.79 Å². The number of nitrogens with two attached hydrogens (primary N) is 1. The van der Waals surface area contributed by atoms with E-state index in [-0.39, 0.29) is 7.43 Å². The van der Waals surface area contributed by atoms with Gasteiger partial charge in [0, 0.05) is 12.8 Å². The van der Waals surface area contributed by atoms with Crippen LogP contribution >= 0.6 is 0 Å². The van der Waals surface area contributed by atoms with Gasteiger partial charge in [0.25, 0.3) is 0 Å². The Morgan fingerprint density at radius 3 is 2.44 bits per heavy atom. The molecule has 1 aliphatic carbocycles. The summed E-state index contributed by atoms with van der Waals surface area (Å²) in [5, 5.41) is 0. The topological polar surface area (TPSA) is 43.1 Å². The zero-order valence-electron chi connectivity index (χ0n) is 11.4. The normalized spacial score (nSPS) is 18.1. The number of Topliss-reactive ketones (excluding diaryl/α,β-unsaturated/α-hetero) is 1. The summed E-state index contributed by atoms with van der Waals surface area (Å²) in [6, 6.07) is 0. The average Bonchev–Trinajstić information content (AvgIpc) is 2.37. The SMILES string of the molecule is C.CCCCCC(=O)CC(CN)C1CCCCC1. The lowest BCUT2D eigenvalue weighted by Gasteiger charge is -2.29. The second kappa shape index (κ2) is 10.5. The van der Waals surface area contributed by atoms with E-state index in [0.29, 0.717) is 18.2 Å². The molecule has 108 valence electrons. The predicted molar refractivity (Wildman–Crippen MR) is 79.6 cm³/mol. The van der Waals surface area contributed by atoms with Crippen LogP contribution in [0.3, 0.4) is 0 Å². The van der Waals surface area contributed by atoms with Crippen LogP contribution in [0.5, 0.6) is 0 Å². The molecule has 0 aromatic heterocycles. The van der Waals surface area contributed by atoms with E-state index in [1.807, 2.05) is 0 Å². The van der Waals surface area contributed by atoms with Crippen LogP contribution in [-0.2, 0) is 4.79 Å². The van der Waals surface area contributed by atoms with Crippen molar-refractivity contribution in [3.63, 3.8) is 0 Å². The van der Waals surface area contributed by atoms with E-state index >= 15 is 0 Å². The van der Waals surface area contributed by atoms with Gasteiger partial charge in [-0.15, -0.1) is 0 Å². The molecule has 18 heavy (non-hydrogen) atoms. The molecule has 0 aromatic rings. The summed E-state index contributed by atoms with van der Waals surface area (Å²) in [4.78, 5) is 11.9. The summed E-state index contributed by atoms with van der Waals surface area (Å²) >= 11 is 0. The molecule has 0 amide bonds. The van der Waals surface area contributed by atoms with Crippen LogP contribution in [0.2, 0.25) is 0 Å². The Kier molecular flexibility index (Phi) is 10.3. The van der Waals surface area contributed by atoms with Gasteiger partial charge in [0.05, 0.1) is 0 Å². The van der Waals surface area contributed by atoms with Crippen molar-refractivity contribution in [1.82, 2.24) is 0 Å². The Morgan fingerprint density at radius 2 is 1.89 bits per heavy atom. The number of carbonyl (C=O) groups is 1. The van der Waals surface area contributed by atoms with Gasteiger partial charge < -0.3 is 5.73 Å². The highest BCUT2D eigenvalue weighted by Crippen LogP contribution is 2.31. The molecular formula is C16H33NO. The minimum Gasteiger partial charge on any atom is -0.330 e. The lowest BCUT2D eigenvalue weighted by atomic mass is 9.77. The second-order valence-corrected chi connectivity index (χ2v) is 5.59. The molecule has 0 spiro atoms. The molecule has 2 nitrogen and oxygen atoms in total. The predicted octanol–water partition coefficient (Wildman–Crippen LogP) is 4.32. The molecule has 0 saturated heterocycles. The van der Waals surface area contributed by atoms with Gasteiger partial charge in [-0.25, -0.2) is 0 Å². The zero-order valence-corrected chi connectivity index (χ0v) is 11.4. The molecule has 1 rings (SSSR count). The molecule has 2 heteroatoms. The van der Waals surface area contributed by atoms with E-state index in [0.717, 1.165) is 25.2 Å². The van der Waals surface area contributed by atoms with Gasteiger partial charge in [-0.1, -0.05) is 59.3 Å². The molecule has 2 N–H and O–H groups in total. The van der Waals surface area contributed by atoms with E-state index in [2.05, 4.69) is 6.92 Å². The Balaban J connectivity index is 0.00000289. The number of unbranched alkanes of at least 4 members (excludes halogenated alkanes) is 2. The van der Waals surface area contributed by atoms with Gasteiger partial charge in [-0.2, -0.15) is 0 Å². The molecule has 1 aliphatic rings. The van der Waals surface area contributed by atoms with Crippen molar-refractivity contribution < 1.29 is 4.79 Å². The molecule has 1 fully saturated rings. The molecular weight excluding hydrogens is 222 g/mol. The van der Waals surface area contributed by atoms with Crippen molar-refractivity contribution in [3.05, 3.63) is 0 Å². The van der Waals surface area contributed by atoms with Crippen molar-refractivity contribution in [2.75, 3.05) is 6.54 Å². The van der Waals surface area contributed by atoms with Crippen molar-refractivity contribution in [3.8, 4) is 0 Å². The van der Waals surface area contributed by atoms with Gasteiger partial charge in [0.1, 0.15) is 5.78 Å². The molecule has 1 unspecified atom stereocenters. The van der Waals surface area contributed by atoms with E-state index in [1.54, 1.807) is 0 Å². The van der Waals surface area contributed by atoms with Crippen LogP contribution in [0.25, 0.3) is 0 Å². The van der Waals surface area contributed by atoms with Gasteiger partial charge in [0.2, 0.25) is 0 Å². The third kappa shape index (κ3) is 6.53. The Morgan fingerprint density at radius 1 is 1.22 bits per heavy atom. The number of ketones is 1. The highest BCUT2D eigenvalue weighted by Gasteiger charge is 2.24. The first-order valence-electron chi connectivity index (χ1n) is 7.49. The first-order valence-corrected chi connectivity index (χ1v) is 7.49. The molecule has 0 radical (unpaired) electrons. The molecule has 0 heterocycles. The largest absolute Gasteiger partial charge is 0.330 e. The van der Waals surface area contributed by atoms with Crippen molar-refractivity contribution >= 4 is 5.78 Å². The first kappa shape index (κ1) is 17.6. The van der Waals surface area contributed by atoms with Gasteiger partial charge in [-0.05, 0) is 24.8 Å². The maximum absolute atomic E-state index is 11.9. The maximum atomic E-state index is 11.9.